The van der Waals surface area contributed by atoms with E-state index in [0.29, 0.717) is 11.4 Å². The first-order chi connectivity index (χ1) is 8.77. The van der Waals surface area contributed by atoms with Crippen LogP contribution in [0.3, 0.4) is 0 Å². The summed E-state index contributed by atoms with van der Waals surface area (Å²) in [5, 5.41) is 15.9. The standard InChI is InChI=1S/C14H20N2O3/c1-8-13(17)16-11-7-10(5-6-12(11)19-8)15-9(2)14(3,4)18/h5-9,15,18H,1-4H3,(H,16,17). The number of fused-ring (bicyclic) bond motifs is 1. The molecule has 19 heavy (non-hydrogen) atoms. The molecule has 0 spiro atoms. The smallest absolute Gasteiger partial charge is 0.265 e. The molecule has 0 bridgehead atoms. The summed E-state index contributed by atoms with van der Waals surface area (Å²) in [5.41, 5.74) is 0.646. The monoisotopic (exact) mass is 264 g/mol. The molecule has 0 saturated carbocycles. The van der Waals surface area contributed by atoms with Gasteiger partial charge >= 0.3 is 0 Å². The number of aliphatic hydroxyl groups is 1. The van der Waals surface area contributed by atoms with Crippen molar-refractivity contribution < 1.29 is 14.6 Å². The second-order valence-corrected chi connectivity index (χ2v) is 5.48. The van der Waals surface area contributed by atoms with Crippen LogP contribution >= 0.6 is 0 Å². The minimum atomic E-state index is -0.829. The molecular weight excluding hydrogens is 244 g/mol. The van der Waals surface area contributed by atoms with Crippen molar-refractivity contribution in [3.05, 3.63) is 18.2 Å². The summed E-state index contributed by atoms with van der Waals surface area (Å²) in [6, 6.07) is 5.36. The van der Waals surface area contributed by atoms with Crippen molar-refractivity contribution in [2.45, 2.75) is 45.4 Å². The lowest BCUT2D eigenvalue weighted by molar-refractivity contribution is -0.122. The van der Waals surface area contributed by atoms with Gasteiger partial charge in [0.15, 0.2) is 6.10 Å². The highest BCUT2D eigenvalue weighted by molar-refractivity contribution is 5.98. The van der Waals surface area contributed by atoms with Crippen molar-refractivity contribution in [2.75, 3.05) is 10.6 Å². The molecule has 2 rings (SSSR count). The third-order valence-electron chi connectivity index (χ3n) is 3.35. The van der Waals surface area contributed by atoms with Crippen LogP contribution < -0.4 is 15.4 Å². The average molecular weight is 264 g/mol. The first-order valence-electron chi connectivity index (χ1n) is 6.38. The molecule has 5 nitrogen and oxygen atoms in total. The lowest BCUT2D eigenvalue weighted by atomic mass is 10.0. The number of amides is 1. The van der Waals surface area contributed by atoms with E-state index in [1.807, 2.05) is 19.1 Å². The van der Waals surface area contributed by atoms with Crippen LogP contribution in [0.25, 0.3) is 0 Å². The lowest BCUT2D eigenvalue weighted by Gasteiger charge is -2.29. The van der Waals surface area contributed by atoms with E-state index in [1.54, 1.807) is 26.8 Å². The van der Waals surface area contributed by atoms with E-state index in [9.17, 15) is 9.90 Å². The molecule has 3 N–H and O–H groups in total. The van der Waals surface area contributed by atoms with Crippen LogP contribution in [-0.4, -0.2) is 28.8 Å². The highest BCUT2D eigenvalue weighted by Crippen LogP contribution is 2.32. The van der Waals surface area contributed by atoms with E-state index in [-0.39, 0.29) is 11.9 Å². The Hall–Kier alpha value is -1.75. The van der Waals surface area contributed by atoms with Gasteiger partial charge in [0.25, 0.3) is 5.91 Å². The molecule has 0 saturated heterocycles. The zero-order chi connectivity index (χ0) is 14.2. The third-order valence-corrected chi connectivity index (χ3v) is 3.35. The van der Waals surface area contributed by atoms with Crippen molar-refractivity contribution in [3.63, 3.8) is 0 Å². The Morgan fingerprint density at radius 2 is 2.16 bits per heavy atom. The van der Waals surface area contributed by atoms with Gasteiger partial charge in [-0.3, -0.25) is 4.79 Å². The third kappa shape index (κ3) is 2.98. The fourth-order valence-corrected chi connectivity index (χ4v) is 1.73. The number of anilines is 2. The van der Waals surface area contributed by atoms with Crippen LogP contribution in [-0.2, 0) is 4.79 Å². The van der Waals surface area contributed by atoms with Crippen molar-refractivity contribution in [2.24, 2.45) is 0 Å². The van der Waals surface area contributed by atoms with Gasteiger partial charge in [-0.25, -0.2) is 0 Å². The Bertz CT molecular complexity index is 494. The molecule has 2 atom stereocenters. The maximum atomic E-state index is 11.6. The quantitative estimate of drug-likeness (QED) is 0.780. The van der Waals surface area contributed by atoms with E-state index in [4.69, 9.17) is 4.74 Å². The number of ether oxygens (including phenoxy) is 1. The molecule has 2 unspecified atom stereocenters. The van der Waals surface area contributed by atoms with E-state index in [1.165, 1.54) is 0 Å². The highest BCUT2D eigenvalue weighted by atomic mass is 16.5. The van der Waals surface area contributed by atoms with Crippen molar-refractivity contribution in [3.8, 4) is 5.75 Å². The molecule has 1 aliphatic heterocycles. The molecule has 1 aromatic carbocycles. The molecule has 0 aromatic heterocycles. The summed E-state index contributed by atoms with van der Waals surface area (Å²) in [7, 11) is 0. The molecular formula is C14H20N2O3. The largest absolute Gasteiger partial charge is 0.479 e. The van der Waals surface area contributed by atoms with Gasteiger partial charge in [-0.15, -0.1) is 0 Å². The van der Waals surface area contributed by atoms with Crippen LogP contribution in [0.4, 0.5) is 11.4 Å². The summed E-state index contributed by atoms with van der Waals surface area (Å²) >= 11 is 0. The average Bonchev–Trinajstić information content (AvgIpc) is 2.29. The predicted molar refractivity (Wildman–Crippen MR) is 74.5 cm³/mol. The molecule has 5 heteroatoms. The summed E-state index contributed by atoms with van der Waals surface area (Å²) < 4.78 is 5.48. The van der Waals surface area contributed by atoms with Gasteiger partial charge in [0, 0.05) is 5.69 Å². The molecule has 0 aliphatic carbocycles. The number of hydrogen-bond donors (Lipinski definition) is 3. The molecule has 104 valence electrons. The Kier molecular flexibility index (Phi) is 3.41. The number of carbonyl (C=O) groups is 1. The fraction of sp³-hybridized carbons (Fsp3) is 0.500. The fourth-order valence-electron chi connectivity index (χ4n) is 1.73. The Labute approximate surface area is 113 Å². The first kappa shape index (κ1) is 13.7. The van der Waals surface area contributed by atoms with E-state index >= 15 is 0 Å². The predicted octanol–water partition coefficient (Wildman–Crippen LogP) is 1.98. The highest BCUT2D eigenvalue weighted by Gasteiger charge is 2.25. The van der Waals surface area contributed by atoms with Gasteiger partial charge in [0.2, 0.25) is 0 Å². The maximum Gasteiger partial charge on any atom is 0.265 e. The van der Waals surface area contributed by atoms with Gasteiger partial charge in [-0.1, -0.05) is 0 Å². The SMILES string of the molecule is CC1Oc2ccc(NC(C)C(C)(C)O)cc2NC1=O. The summed E-state index contributed by atoms with van der Waals surface area (Å²) in [6.45, 7) is 7.10. The first-order valence-corrected chi connectivity index (χ1v) is 6.38. The summed E-state index contributed by atoms with van der Waals surface area (Å²) in [4.78, 5) is 11.6. The number of nitrogens with one attached hydrogen (secondary N) is 2. The molecule has 1 amide bonds. The van der Waals surface area contributed by atoms with Crippen LogP contribution in [0, 0.1) is 0 Å². The Morgan fingerprint density at radius 3 is 2.79 bits per heavy atom. The zero-order valence-electron chi connectivity index (χ0n) is 11.7. The summed E-state index contributed by atoms with van der Waals surface area (Å²) in [5.74, 6) is 0.508. The molecule has 0 fully saturated rings. The van der Waals surface area contributed by atoms with E-state index in [2.05, 4.69) is 10.6 Å². The van der Waals surface area contributed by atoms with Gasteiger partial charge in [0.1, 0.15) is 5.75 Å². The van der Waals surface area contributed by atoms with Crippen LogP contribution in [0.15, 0.2) is 18.2 Å². The molecule has 1 aliphatic rings. The maximum absolute atomic E-state index is 11.6. The molecule has 1 heterocycles. The number of rotatable bonds is 3. The van der Waals surface area contributed by atoms with Crippen LogP contribution in [0.2, 0.25) is 0 Å². The zero-order valence-corrected chi connectivity index (χ0v) is 11.7. The minimum Gasteiger partial charge on any atom is -0.479 e. The number of hydrogen-bond acceptors (Lipinski definition) is 4. The molecule has 1 aromatic rings. The van der Waals surface area contributed by atoms with Crippen molar-refractivity contribution in [1.29, 1.82) is 0 Å². The Balaban J connectivity index is 2.18. The topological polar surface area (TPSA) is 70.6 Å². The van der Waals surface area contributed by atoms with E-state index in [0.717, 1.165) is 5.69 Å². The normalized spacial score (nSPS) is 20.1. The van der Waals surface area contributed by atoms with Gasteiger partial charge in [0.05, 0.1) is 17.3 Å². The second-order valence-electron chi connectivity index (χ2n) is 5.48. The molecule has 0 radical (unpaired) electrons. The second kappa shape index (κ2) is 4.74. The van der Waals surface area contributed by atoms with Gasteiger partial charge in [-0.2, -0.15) is 0 Å². The van der Waals surface area contributed by atoms with E-state index < -0.39 is 11.7 Å². The lowest BCUT2D eigenvalue weighted by Crippen LogP contribution is -2.39. The minimum absolute atomic E-state index is 0.121. The summed E-state index contributed by atoms with van der Waals surface area (Å²) in [6.07, 6.45) is -0.471. The van der Waals surface area contributed by atoms with Crippen molar-refractivity contribution >= 4 is 17.3 Å². The number of carbonyl (C=O) groups excluding carboxylic acids is 1. The van der Waals surface area contributed by atoms with Crippen LogP contribution in [0.1, 0.15) is 27.7 Å². The van der Waals surface area contributed by atoms with Crippen molar-refractivity contribution in [1.82, 2.24) is 0 Å². The van der Waals surface area contributed by atoms with Crippen LogP contribution in [0.5, 0.6) is 5.75 Å². The number of benzene rings is 1. The Morgan fingerprint density at radius 1 is 1.47 bits per heavy atom. The van der Waals surface area contributed by atoms with Gasteiger partial charge in [-0.05, 0) is 45.9 Å². The van der Waals surface area contributed by atoms with Gasteiger partial charge < -0.3 is 20.5 Å².